The van der Waals surface area contributed by atoms with Gasteiger partial charge < -0.3 is 9.30 Å². The molecule has 5 heteroatoms. The van der Waals surface area contributed by atoms with E-state index in [0.717, 1.165) is 31.6 Å². The number of aromatic nitrogens is 2. The van der Waals surface area contributed by atoms with Gasteiger partial charge in [-0.2, -0.15) is 0 Å². The van der Waals surface area contributed by atoms with Crippen molar-refractivity contribution < 1.29 is 9.53 Å². The van der Waals surface area contributed by atoms with Crippen LogP contribution in [-0.4, -0.2) is 39.1 Å². The molecule has 0 radical (unpaired) electrons. The molecule has 116 valence electrons. The van der Waals surface area contributed by atoms with Crippen LogP contribution in [0.5, 0.6) is 0 Å². The van der Waals surface area contributed by atoms with Crippen molar-refractivity contribution in [2.24, 2.45) is 12.5 Å². The molecule has 2 aliphatic heterocycles. The number of fused-ring (bicyclic) bond motifs is 2. The SMILES string of the molecule is CCOC(=O)[C@]1(CC)C[C@@H]2CC[C@H]1N2Cc1nccn1C. The summed E-state index contributed by atoms with van der Waals surface area (Å²) in [5.74, 6) is 1.08. The van der Waals surface area contributed by atoms with E-state index in [0.29, 0.717) is 18.7 Å². The molecule has 1 aromatic heterocycles. The van der Waals surface area contributed by atoms with Gasteiger partial charge in [-0.15, -0.1) is 0 Å². The van der Waals surface area contributed by atoms with Crippen molar-refractivity contribution >= 4 is 5.97 Å². The van der Waals surface area contributed by atoms with Gasteiger partial charge >= 0.3 is 5.97 Å². The summed E-state index contributed by atoms with van der Waals surface area (Å²) in [7, 11) is 2.03. The third-order valence-corrected chi connectivity index (χ3v) is 5.44. The van der Waals surface area contributed by atoms with Crippen molar-refractivity contribution in [2.45, 2.75) is 58.2 Å². The van der Waals surface area contributed by atoms with Gasteiger partial charge in [0.25, 0.3) is 0 Å². The van der Waals surface area contributed by atoms with Crippen molar-refractivity contribution in [1.82, 2.24) is 14.5 Å². The summed E-state index contributed by atoms with van der Waals surface area (Å²) < 4.78 is 7.46. The zero-order chi connectivity index (χ0) is 15.0. The van der Waals surface area contributed by atoms with Gasteiger partial charge in [0.15, 0.2) is 0 Å². The summed E-state index contributed by atoms with van der Waals surface area (Å²) in [6, 6.07) is 0.805. The molecular formula is C16H25N3O2. The topological polar surface area (TPSA) is 47.4 Å². The van der Waals surface area contributed by atoms with E-state index in [1.165, 1.54) is 6.42 Å². The smallest absolute Gasteiger partial charge is 0.313 e. The standard InChI is InChI=1S/C16H25N3O2/c1-4-16(15(20)21-5-2)10-12-6-7-13(16)19(12)11-14-17-8-9-18(14)3/h8-9,12-13H,4-7,10-11H2,1-3H3/t12-,13+,16+/m0/s1. The van der Waals surface area contributed by atoms with Gasteiger partial charge in [-0.1, -0.05) is 6.92 Å². The first kappa shape index (κ1) is 14.6. The monoisotopic (exact) mass is 291 g/mol. The molecule has 2 fully saturated rings. The third kappa shape index (κ3) is 2.18. The number of esters is 1. The quantitative estimate of drug-likeness (QED) is 0.780. The minimum atomic E-state index is -0.301. The number of carbonyl (C=O) groups excluding carboxylic acids is 1. The molecule has 3 rings (SSSR count). The molecule has 0 N–H and O–H groups in total. The van der Waals surface area contributed by atoms with Crippen molar-refractivity contribution in [1.29, 1.82) is 0 Å². The van der Waals surface area contributed by atoms with E-state index in [4.69, 9.17) is 4.74 Å². The highest BCUT2D eigenvalue weighted by atomic mass is 16.5. The Kier molecular flexibility index (Phi) is 3.78. The van der Waals surface area contributed by atoms with Gasteiger partial charge in [0, 0.05) is 31.5 Å². The summed E-state index contributed by atoms with van der Waals surface area (Å²) in [6.45, 7) is 5.31. The van der Waals surface area contributed by atoms with Crippen LogP contribution in [-0.2, 0) is 23.1 Å². The molecule has 2 bridgehead atoms. The zero-order valence-electron chi connectivity index (χ0n) is 13.2. The van der Waals surface area contributed by atoms with Gasteiger partial charge in [-0.3, -0.25) is 9.69 Å². The molecular weight excluding hydrogens is 266 g/mol. The van der Waals surface area contributed by atoms with E-state index in [1.807, 2.05) is 26.4 Å². The average molecular weight is 291 g/mol. The van der Waals surface area contributed by atoms with E-state index in [9.17, 15) is 4.79 Å². The lowest BCUT2D eigenvalue weighted by Crippen LogP contribution is -2.44. The second-order valence-electron chi connectivity index (χ2n) is 6.31. The van der Waals surface area contributed by atoms with Crippen LogP contribution in [0.25, 0.3) is 0 Å². The molecule has 1 aromatic rings. The maximum Gasteiger partial charge on any atom is 0.313 e. The molecule has 5 nitrogen and oxygen atoms in total. The molecule has 0 amide bonds. The van der Waals surface area contributed by atoms with E-state index in [-0.39, 0.29) is 11.4 Å². The highest BCUT2D eigenvalue weighted by molar-refractivity contribution is 5.78. The number of hydrogen-bond acceptors (Lipinski definition) is 4. The Morgan fingerprint density at radius 2 is 2.29 bits per heavy atom. The lowest BCUT2D eigenvalue weighted by molar-refractivity contribution is -0.157. The normalized spacial score (nSPS) is 31.8. The first-order valence-electron chi connectivity index (χ1n) is 8.01. The molecule has 0 unspecified atom stereocenters. The van der Waals surface area contributed by atoms with Crippen LogP contribution in [0, 0.1) is 5.41 Å². The minimum absolute atomic E-state index is 0.00420. The summed E-state index contributed by atoms with van der Waals surface area (Å²) >= 11 is 0. The Hall–Kier alpha value is -1.36. The van der Waals surface area contributed by atoms with Crippen molar-refractivity contribution in [3.8, 4) is 0 Å². The Labute approximate surface area is 126 Å². The minimum Gasteiger partial charge on any atom is -0.466 e. The van der Waals surface area contributed by atoms with Crippen molar-refractivity contribution in [3.63, 3.8) is 0 Å². The second-order valence-corrected chi connectivity index (χ2v) is 6.31. The number of ether oxygens (including phenoxy) is 1. The largest absolute Gasteiger partial charge is 0.466 e. The van der Waals surface area contributed by atoms with Crippen LogP contribution in [0.15, 0.2) is 12.4 Å². The van der Waals surface area contributed by atoms with Gasteiger partial charge in [-0.25, -0.2) is 4.98 Å². The summed E-state index contributed by atoms with van der Waals surface area (Å²) in [5, 5.41) is 0. The number of imidazole rings is 1. The van der Waals surface area contributed by atoms with Crippen molar-refractivity contribution in [3.05, 3.63) is 18.2 Å². The summed E-state index contributed by atoms with van der Waals surface area (Å²) in [6.07, 6.45) is 7.91. The zero-order valence-corrected chi connectivity index (χ0v) is 13.2. The number of rotatable bonds is 5. The van der Waals surface area contributed by atoms with Gasteiger partial charge in [0.05, 0.1) is 18.6 Å². The maximum absolute atomic E-state index is 12.5. The van der Waals surface area contributed by atoms with Crippen LogP contribution < -0.4 is 0 Å². The van der Waals surface area contributed by atoms with Crippen LogP contribution in [0.1, 0.15) is 45.4 Å². The Morgan fingerprint density at radius 3 is 2.90 bits per heavy atom. The number of carbonyl (C=O) groups is 1. The fourth-order valence-electron chi connectivity index (χ4n) is 4.28. The van der Waals surface area contributed by atoms with Crippen LogP contribution in [0.3, 0.4) is 0 Å². The molecule has 3 heterocycles. The summed E-state index contributed by atoms with van der Waals surface area (Å²) in [5.41, 5.74) is -0.301. The van der Waals surface area contributed by atoms with Crippen LogP contribution >= 0.6 is 0 Å². The molecule has 21 heavy (non-hydrogen) atoms. The van der Waals surface area contributed by atoms with Gasteiger partial charge in [0.2, 0.25) is 0 Å². The molecule has 0 aromatic carbocycles. The molecule has 2 saturated heterocycles. The molecule has 3 atom stereocenters. The Morgan fingerprint density at radius 1 is 1.48 bits per heavy atom. The predicted octanol–water partition coefficient (Wildman–Crippen LogP) is 2.12. The number of hydrogen-bond donors (Lipinski definition) is 0. The van der Waals surface area contributed by atoms with E-state index >= 15 is 0 Å². The second kappa shape index (κ2) is 5.44. The highest BCUT2D eigenvalue weighted by Gasteiger charge is 2.59. The van der Waals surface area contributed by atoms with Gasteiger partial charge in [0.1, 0.15) is 5.82 Å². The van der Waals surface area contributed by atoms with Crippen molar-refractivity contribution in [2.75, 3.05) is 6.61 Å². The van der Waals surface area contributed by atoms with Gasteiger partial charge in [-0.05, 0) is 32.6 Å². The molecule has 0 spiro atoms. The molecule has 0 saturated carbocycles. The Balaban J connectivity index is 1.82. The van der Waals surface area contributed by atoms with E-state index in [2.05, 4.69) is 21.4 Å². The Bertz CT molecular complexity index is 527. The summed E-state index contributed by atoms with van der Waals surface area (Å²) in [4.78, 5) is 19.5. The average Bonchev–Trinajstić information content (AvgIpc) is 3.15. The lowest BCUT2D eigenvalue weighted by Gasteiger charge is -2.34. The number of nitrogens with zero attached hydrogens (tertiary/aromatic N) is 3. The van der Waals surface area contributed by atoms with E-state index in [1.54, 1.807) is 0 Å². The van der Waals surface area contributed by atoms with E-state index < -0.39 is 0 Å². The van der Waals surface area contributed by atoms with Crippen LogP contribution in [0.4, 0.5) is 0 Å². The fourth-order valence-corrected chi connectivity index (χ4v) is 4.28. The fraction of sp³-hybridized carbons (Fsp3) is 0.750. The third-order valence-electron chi connectivity index (χ3n) is 5.44. The first-order chi connectivity index (χ1) is 10.1. The maximum atomic E-state index is 12.5. The van der Waals surface area contributed by atoms with Crippen LogP contribution in [0.2, 0.25) is 0 Å². The predicted molar refractivity (Wildman–Crippen MR) is 79.5 cm³/mol. The number of aryl methyl sites for hydroxylation is 1. The molecule has 0 aliphatic carbocycles. The molecule has 2 aliphatic rings. The first-order valence-corrected chi connectivity index (χ1v) is 8.01. The highest BCUT2D eigenvalue weighted by Crippen LogP contribution is 2.52. The lowest BCUT2D eigenvalue weighted by atomic mass is 9.72.